The maximum Gasteiger partial charge on any atom is 0.281 e. The quantitative estimate of drug-likeness (QED) is 0.107. The minimum atomic E-state index is -2.94. The number of aromatic nitrogens is 5. The lowest BCUT2D eigenvalue weighted by atomic mass is 10.0. The number of carbonyl (C=O) groups excluding carboxylic acids is 6. The van der Waals surface area contributed by atoms with Crippen molar-refractivity contribution in [3.05, 3.63) is 41.2 Å². The SMILES string of the molecule is Nc1ncc(-c2nc(N3CCOCC3)nc(N3CCN(C(=O)CCC(=O)N4CCN(CCNCCCNc5cccc6c5C(=O)N(C5CCC(=O)NC5=O)C6=O)CC4)CC3)n2)c(C(F)F)n1. The smallest absolute Gasteiger partial charge is 0.281 e. The Morgan fingerprint density at radius 1 is 0.803 bits per heavy atom. The first-order chi connectivity index (χ1) is 31.9. The predicted molar refractivity (Wildman–Crippen MR) is 233 cm³/mol. The van der Waals surface area contributed by atoms with Crippen molar-refractivity contribution in [1.82, 2.24) is 55.2 Å². The fraction of sp³-hybridized carbons (Fsp3) is 0.548. The maximum atomic E-state index is 14.0. The molecule has 0 bridgehead atoms. The van der Waals surface area contributed by atoms with Gasteiger partial charge in [0.05, 0.1) is 29.9 Å². The van der Waals surface area contributed by atoms with Gasteiger partial charge in [-0.1, -0.05) is 6.07 Å². The van der Waals surface area contributed by atoms with Crippen LogP contribution in [0, 0.1) is 0 Å². The largest absolute Gasteiger partial charge is 0.384 e. The third-order valence-corrected chi connectivity index (χ3v) is 12.3. The number of halogens is 2. The number of nitrogens with one attached hydrogen (secondary N) is 3. The molecule has 24 heteroatoms. The van der Waals surface area contributed by atoms with Crippen LogP contribution in [-0.2, 0) is 23.9 Å². The van der Waals surface area contributed by atoms with E-state index < -0.39 is 41.8 Å². The van der Waals surface area contributed by atoms with Crippen LogP contribution in [-0.4, -0.2) is 191 Å². The molecule has 3 aromatic rings. The van der Waals surface area contributed by atoms with Gasteiger partial charge in [-0.3, -0.25) is 43.9 Å². The first-order valence-electron chi connectivity index (χ1n) is 22.3. The highest BCUT2D eigenvalue weighted by Gasteiger charge is 2.45. The summed E-state index contributed by atoms with van der Waals surface area (Å²) in [4.78, 5) is 109. The summed E-state index contributed by atoms with van der Waals surface area (Å²) in [6.45, 7) is 8.78. The standard InChI is InChI=1S/C42H53F2N15O7/c43-35(44)34-27(25-48-40(45)50-34)36-51-41(53-42(52-36)58-21-23-66-24-22-58)57-19-17-56(18-20-57)32(62)8-7-31(61)55-15-13-54(14-16-55)12-11-46-9-2-10-47-28-4-1-3-26-33(28)39(65)59(38(26)64)29-5-6-30(60)49-37(29)63/h1,3-4,25,29,35,46-47H,2,5-24H2,(H2,45,48,50)(H,49,60,63). The number of alkyl halides is 2. The number of ether oxygens (including phenoxy) is 1. The Labute approximate surface area is 378 Å². The second-order valence-corrected chi connectivity index (χ2v) is 16.5. The van der Waals surface area contributed by atoms with Gasteiger partial charge >= 0.3 is 0 Å². The number of amides is 6. The third-order valence-electron chi connectivity index (χ3n) is 12.3. The summed E-state index contributed by atoms with van der Waals surface area (Å²) in [6, 6.07) is 3.96. The predicted octanol–water partition coefficient (Wildman–Crippen LogP) is -0.249. The van der Waals surface area contributed by atoms with Gasteiger partial charge in [0.1, 0.15) is 11.7 Å². The van der Waals surface area contributed by atoms with Gasteiger partial charge in [0, 0.05) is 116 Å². The summed E-state index contributed by atoms with van der Waals surface area (Å²) < 4.78 is 33.5. The highest BCUT2D eigenvalue weighted by Crippen LogP contribution is 2.33. The molecule has 5 N–H and O–H groups in total. The van der Waals surface area contributed by atoms with Gasteiger partial charge in [-0.15, -0.1) is 0 Å². The molecule has 1 unspecified atom stereocenters. The molecular formula is C42H53F2N15O7. The van der Waals surface area contributed by atoms with Crippen molar-refractivity contribution in [2.45, 2.75) is 44.6 Å². The van der Waals surface area contributed by atoms with Crippen molar-refractivity contribution >= 4 is 59.0 Å². The van der Waals surface area contributed by atoms with Crippen molar-refractivity contribution in [3.63, 3.8) is 0 Å². The van der Waals surface area contributed by atoms with Crippen molar-refractivity contribution in [2.75, 3.05) is 126 Å². The van der Waals surface area contributed by atoms with Crippen LogP contribution >= 0.6 is 0 Å². The molecule has 1 atom stereocenters. The van der Waals surface area contributed by atoms with Gasteiger partial charge in [0.25, 0.3) is 18.2 Å². The summed E-state index contributed by atoms with van der Waals surface area (Å²) in [7, 11) is 0. The van der Waals surface area contributed by atoms with Crippen LogP contribution in [0.15, 0.2) is 24.4 Å². The number of piperidine rings is 1. The number of hydrogen-bond acceptors (Lipinski definition) is 18. The molecule has 0 spiro atoms. The summed E-state index contributed by atoms with van der Waals surface area (Å²) >= 11 is 0. The fourth-order valence-corrected chi connectivity index (χ4v) is 8.64. The number of hydrogen-bond donors (Lipinski definition) is 4. The molecule has 4 saturated heterocycles. The number of nitrogens with zero attached hydrogens (tertiary/aromatic N) is 11. The number of piperazine rings is 2. The Hall–Kier alpha value is -6.53. The van der Waals surface area contributed by atoms with Gasteiger partial charge in [-0.25, -0.2) is 18.7 Å². The maximum absolute atomic E-state index is 14.0. The third kappa shape index (κ3) is 10.4. The second kappa shape index (κ2) is 20.8. The van der Waals surface area contributed by atoms with E-state index in [1.807, 2.05) is 9.80 Å². The Morgan fingerprint density at radius 2 is 1.47 bits per heavy atom. The highest BCUT2D eigenvalue weighted by atomic mass is 19.3. The molecule has 7 heterocycles. The van der Waals surface area contributed by atoms with Gasteiger partial charge in [-0.2, -0.15) is 15.0 Å². The first-order valence-corrected chi connectivity index (χ1v) is 22.3. The zero-order valence-electron chi connectivity index (χ0n) is 36.4. The van der Waals surface area contributed by atoms with Crippen LogP contribution in [0.2, 0.25) is 0 Å². The zero-order valence-corrected chi connectivity index (χ0v) is 36.4. The molecule has 22 nitrogen and oxygen atoms in total. The van der Waals surface area contributed by atoms with E-state index in [2.05, 4.69) is 45.8 Å². The molecule has 5 aliphatic rings. The van der Waals surface area contributed by atoms with Crippen LogP contribution in [0.5, 0.6) is 0 Å². The zero-order chi connectivity index (χ0) is 46.3. The Kier molecular flexibility index (Phi) is 14.5. The lowest BCUT2D eigenvalue weighted by Gasteiger charge is -2.36. The van der Waals surface area contributed by atoms with Crippen LogP contribution in [0.3, 0.4) is 0 Å². The molecule has 1 aromatic carbocycles. The Balaban J connectivity index is 0.728. The van der Waals surface area contributed by atoms with Crippen molar-refractivity contribution in [2.24, 2.45) is 0 Å². The van der Waals surface area contributed by atoms with Gasteiger partial charge < -0.3 is 40.7 Å². The first kappa shape index (κ1) is 46.0. The van der Waals surface area contributed by atoms with Crippen LogP contribution in [0.1, 0.15) is 64.9 Å². The number of morpholine rings is 1. The fourth-order valence-electron chi connectivity index (χ4n) is 8.64. The Morgan fingerprint density at radius 3 is 2.14 bits per heavy atom. The number of imide groups is 2. The van der Waals surface area contributed by atoms with Crippen molar-refractivity contribution < 1.29 is 42.3 Å². The molecule has 8 rings (SSSR count). The van der Waals surface area contributed by atoms with E-state index in [-0.39, 0.29) is 71.9 Å². The summed E-state index contributed by atoms with van der Waals surface area (Å²) in [5.74, 6) is -2.06. The highest BCUT2D eigenvalue weighted by molar-refractivity contribution is 6.25. The summed E-state index contributed by atoms with van der Waals surface area (Å²) in [5.41, 5.74) is 5.96. The van der Waals surface area contributed by atoms with Crippen molar-refractivity contribution in [3.8, 4) is 11.4 Å². The number of fused-ring (bicyclic) bond motifs is 1. The lowest BCUT2D eigenvalue weighted by Crippen LogP contribution is -2.54. The van der Waals surface area contributed by atoms with E-state index in [4.69, 9.17) is 10.5 Å². The normalized spacial score (nSPS) is 19.4. The molecule has 5 aliphatic heterocycles. The monoisotopic (exact) mass is 917 g/mol. The van der Waals surface area contributed by atoms with E-state index in [0.717, 1.165) is 24.4 Å². The molecule has 0 radical (unpaired) electrons. The second-order valence-electron chi connectivity index (χ2n) is 16.5. The summed E-state index contributed by atoms with van der Waals surface area (Å²) in [6.07, 6.45) is -0.663. The van der Waals surface area contributed by atoms with Gasteiger partial charge in [0.15, 0.2) is 5.82 Å². The molecular weight excluding hydrogens is 865 g/mol. The van der Waals surface area contributed by atoms with Crippen LogP contribution in [0.25, 0.3) is 11.4 Å². The summed E-state index contributed by atoms with van der Waals surface area (Å²) in [5, 5.41) is 8.90. The average Bonchev–Trinajstić information content (AvgIpc) is 3.59. The number of nitrogens with two attached hydrogens (primary N) is 1. The molecule has 352 valence electrons. The van der Waals surface area contributed by atoms with E-state index in [0.29, 0.717) is 103 Å². The molecule has 4 fully saturated rings. The van der Waals surface area contributed by atoms with Crippen molar-refractivity contribution in [1.29, 1.82) is 0 Å². The Bertz CT molecular complexity index is 2320. The number of rotatable bonds is 16. The lowest BCUT2D eigenvalue weighted by molar-refractivity contribution is -0.138. The number of anilines is 4. The minimum absolute atomic E-state index is 0.00879. The van der Waals surface area contributed by atoms with E-state index in [1.54, 1.807) is 28.0 Å². The molecule has 0 saturated carbocycles. The van der Waals surface area contributed by atoms with Crippen LogP contribution < -0.4 is 31.5 Å². The minimum Gasteiger partial charge on any atom is -0.384 e. The number of nitrogen functional groups attached to an aromatic ring is 1. The van der Waals surface area contributed by atoms with Gasteiger partial charge in [-0.05, 0) is 31.5 Å². The molecule has 66 heavy (non-hydrogen) atoms. The van der Waals surface area contributed by atoms with Crippen LogP contribution in [0.4, 0.5) is 32.3 Å². The topological polar surface area (TPSA) is 258 Å². The van der Waals surface area contributed by atoms with E-state index in [1.165, 1.54) is 6.20 Å². The number of benzene rings is 1. The number of carbonyl (C=O) groups is 6. The van der Waals surface area contributed by atoms with E-state index >= 15 is 0 Å². The average molecular weight is 918 g/mol. The van der Waals surface area contributed by atoms with Gasteiger partial charge in [0.2, 0.25) is 41.5 Å². The van der Waals surface area contributed by atoms with E-state index in [9.17, 15) is 37.5 Å². The molecule has 0 aliphatic carbocycles. The molecule has 6 amide bonds. The molecule has 2 aromatic heterocycles.